The van der Waals surface area contributed by atoms with Crippen molar-refractivity contribution in [1.29, 1.82) is 0 Å². The van der Waals surface area contributed by atoms with E-state index in [1.807, 2.05) is 13.8 Å². The van der Waals surface area contributed by atoms with Crippen LogP contribution in [0.15, 0.2) is 0 Å². The van der Waals surface area contributed by atoms with Crippen LogP contribution in [0, 0.1) is 0 Å². The second kappa shape index (κ2) is 6.21. The summed E-state index contributed by atoms with van der Waals surface area (Å²) in [5, 5.41) is 12.4. The third-order valence-corrected chi connectivity index (χ3v) is 3.57. The summed E-state index contributed by atoms with van der Waals surface area (Å²) in [6.07, 6.45) is 4.72. The molecule has 0 aromatic heterocycles. The van der Waals surface area contributed by atoms with Crippen LogP contribution >= 0.6 is 0 Å². The highest BCUT2D eigenvalue weighted by molar-refractivity contribution is 5.78. The van der Waals surface area contributed by atoms with Gasteiger partial charge in [-0.25, -0.2) is 0 Å². The smallest absolute Gasteiger partial charge is 0.323 e. The molecule has 0 aliphatic carbocycles. The van der Waals surface area contributed by atoms with Crippen molar-refractivity contribution in [2.24, 2.45) is 0 Å². The van der Waals surface area contributed by atoms with E-state index in [4.69, 9.17) is 4.74 Å². The van der Waals surface area contributed by atoms with Gasteiger partial charge in [0.25, 0.3) is 0 Å². The van der Waals surface area contributed by atoms with Crippen LogP contribution in [0.4, 0.5) is 0 Å². The molecule has 0 spiro atoms. The van der Waals surface area contributed by atoms with Gasteiger partial charge in [0.05, 0.1) is 6.10 Å². The van der Waals surface area contributed by atoms with Crippen LogP contribution in [-0.4, -0.2) is 35.9 Å². The molecule has 1 unspecified atom stereocenters. The van der Waals surface area contributed by atoms with Gasteiger partial charge in [0.2, 0.25) is 0 Å². The first-order valence-electron chi connectivity index (χ1n) is 6.24. The van der Waals surface area contributed by atoms with Crippen LogP contribution in [0.1, 0.15) is 46.0 Å². The first-order chi connectivity index (χ1) is 7.64. The standard InChI is InChI=1S/C12H23NO3/c1-3-12(4-2,11(14)15)13-8-7-10-6-5-9-16-10/h10,13H,3-9H2,1-2H3,(H,14,15). The lowest BCUT2D eigenvalue weighted by atomic mass is 9.92. The van der Waals surface area contributed by atoms with Crippen LogP contribution < -0.4 is 5.32 Å². The molecule has 0 saturated carbocycles. The highest BCUT2D eigenvalue weighted by Gasteiger charge is 2.34. The molecule has 0 radical (unpaired) electrons. The Morgan fingerprint density at radius 3 is 2.62 bits per heavy atom. The molecule has 0 amide bonds. The fourth-order valence-corrected chi connectivity index (χ4v) is 2.22. The first kappa shape index (κ1) is 13.5. The molecule has 94 valence electrons. The number of carbonyl (C=O) groups is 1. The lowest BCUT2D eigenvalue weighted by Crippen LogP contribution is -2.51. The van der Waals surface area contributed by atoms with Gasteiger partial charge < -0.3 is 15.2 Å². The lowest BCUT2D eigenvalue weighted by Gasteiger charge is -2.28. The number of nitrogens with one attached hydrogen (secondary N) is 1. The Kier molecular flexibility index (Phi) is 5.22. The molecule has 1 aliphatic rings. The zero-order chi connectivity index (χ0) is 12.0. The van der Waals surface area contributed by atoms with Gasteiger partial charge in [-0.1, -0.05) is 13.8 Å². The molecule has 0 aromatic carbocycles. The molecule has 1 aliphatic heterocycles. The van der Waals surface area contributed by atoms with Crippen LogP contribution in [0.3, 0.4) is 0 Å². The minimum Gasteiger partial charge on any atom is -0.480 e. The Morgan fingerprint density at radius 1 is 1.50 bits per heavy atom. The summed E-state index contributed by atoms with van der Waals surface area (Å²) >= 11 is 0. The van der Waals surface area contributed by atoms with E-state index in [0.717, 1.165) is 32.4 Å². The molecule has 1 fully saturated rings. The first-order valence-corrected chi connectivity index (χ1v) is 6.24. The van der Waals surface area contributed by atoms with Crippen molar-refractivity contribution >= 4 is 5.97 Å². The maximum absolute atomic E-state index is 11.2. The van der Waals surface area contributed by atoms with Crippen molar-refractivity contribution in [2.75, 3.05) is 13.2 Å². The van der Waals surface area contributed by atoms with Crippen LogP contribution in [0.2, 0.25) is 0 Å². The molecule has 4 heteroatoms. The van der Waals surface area contributed by atoms with E-state index in [2.05, 4.69) is 5.32 Å². The maximum atomic E-state index is 11.2. The summed E-state index contributed by atoms with van der Waals surface area (Å²) in [5.74, 6) is -0.746. The topological polar surface area (TPSA) is 58.6 Å². The quantitative estimate of drug-likeness (QED) is 0.698. The summed E-state index contributed by atoms with van der Waals surface area (Å²) in [5.41, 5.74) is -0.751. The van der Waals surface area contributed by atoms with Crippen molar-refractivity contribution in [3.8, 4) is 0 Å². The molecule has 2 N–H and O–H groups in total. The van der Waals surface area contributed by atoms with Crippen LogP contribution in [0.25, 0.3) is 0 Å². The van der Waals surface area contributed by atoms with E-state index >= 15 is 0 Å². The molecule has 0 aromatic rings. The second-order valence-corrected chi connectivity index (χ2v) is 4.44. The summed E-state index contributed by atoms with van der Waals surface area (Å²) in [4.78, 5) is 11.2. The average molecular weight is 229 g/mol. The fraction of sp³-hybridized carbons (Fsp3) is 0.917. The molecule has 4 nitrogen and oxygen atoms in total. The van der Waals surface area contributed by atoms with E-state index in [1.165, 1.54) is 0 Å². The summed E-state index contributed by atoms with van der Waals surface area (Å²) < 4.78 is 5.51. The minimum absolute atomic E-state index is 0.327. The average Bonchev–Trinajstić information content (AvgIpc) is 2.77. The Balaban J connectivity index is 2.34. The van der Waals surface area contributed by atoms with Crippen LogP contribution in [-0.2, 0) is 9.53 Å². The molecule has 1 saturated heterocycles. The Bertz CT molecular complexity index is 220. The third-order valence-electron chi connectivity index (χ3n) is 3.57. The normalized spacial score (nSPS) is 21.2. The second-order valence-electron chi connectivity index (χ2n) is 4.44. The SMILES string of the molecule is CCC(CC)(NCCC1CCCO1)C(=O)O. The third kappa shape index (κ3) is 3.19. The van der Waals surface area contributed by atoms with Crippen molar-refractivity contribution in [3.05, 3.63) is 0 Å². The van der Waals surface area contributed by atoms with Gasteiger partial charge in [-0.15, -0.1) is 0 Å². The van der Waals surface area contributed by atoms with Gasteiger partial charge in [-0.2, -0.15) is 0 Å². The van der Waals surface area contributed by atoms with Crippen molar-refractivity contribution in [2.45, 2.75) is 57.6 Å². The van der Waals surface area contributed by atoms with E-state index < -0.39 is 11.5 Å². The predicted octanol–water partition coefficient (Wildman–Crippen LogP) is 1.79. The highest BCUT2D eigenvalue weighted by Crippen LogP contribution is 2.18. The Hall–Kier alpha value is -0.610. The zero-order valence-electron chi connectivity index (χ0n) is 10.3. The van der Waals surface area contributed by atoms with Gasteiger partial charge in [0.15, 0.2) is 0 Å². The number of carboxylic acids is 1. The van der Waals surface area contributed by atoms with Crippen molar-refractivity contribution < 1.29 is 14.6 Å². The summed E-state index contributed by atoms with van der Waals surface area (Å²) in [6, 6.07) is 0. The predicted molar refractivity (Wildman–Crippen MR) is 62.5 cm³/mol. The zero-order valence-corrected chi connectivity index (χ0v) is 10.3. The Morgan fingerprint density at radius 2 is 2.19 bits per heavy atom. The number of hydrogen-bond acceptors (Lipinski definition) is 3. The molecular weight excluding hydrogens is 206 g/mol. The summed E-state index contributed by atoms with van der Waals surface area (Å²) in [6.45, 7) is 5.41. The fourth-order valence-electron chi connectivity index (χ4n) is 2.22. The molecule has 1 atom stereocenters. The number of hydrogen-bond donors (Lipinski definition) is 2. The molecule has 16 heavy (non-hydrogen) atoms. The van der Waals surface area contributed by atoms with E-state index in [1.54, 1.807) is 0 Å². The Labute approximate surface area is 97.4 Å². The largest absolute Gasteiger partial charge is 0.480 e. The monoisotopic (exact) mass is 229 g/mol. The van der Waals surface area contributed by atoms with E-state index in [0.29, 0.717) is 18.9 Å². The van der Waals surface area contributed by atoms with Crippen molar-refractivity contribution in [3.63, 3.8) is 0 Å². The number of rotatable bonds is 7. The number of aliphatic carboxylic acids is 1. The van der Waals surface area contributed by atoms with E-state index in [-0.39, 0.29) is 0 Å². The molecule has 1 rings (SSSR count). The van der Waals surface area contributed by atoms with Crippen molar-refractivity contribution in [1.82, 2.24) is 5.32 Å². The highest BCUT2D eigenvalue weighted by atomic mass is 16.5. The number of carboxylic acid groups (broad SMARTS) is 1. The molecule has 1 heterocycles. The molecule has 0 bridgehead atoms. The molecular formula is C12H23NO3. The van der Waals surface area contributed by atoms with Gasteiger partial charge in [0.1, 0.15) is 5.54 Å². The van der Waals surface area contributed by atoms with Gasteiger partial charge in [-0.3, -0.25) is 4.79 Å². The minimum atomic E-state index is -0.751. The number of ether oxygens (including phenoxy) is 1. The van der Waals surface area contributed by atoms with Crippen LogP contribution in [0.5, 0.6) is 0 Å². The van der Waals surface area contributed by atoms with E-state index in [9.17, 15) is 9.90 Å². The van der Waals surface area contributed by atoms with Gasteiger partial charge >= 0.3 is 5.97 Å². The maximum Gasteiger partial charge on any atom is 0.323 e. The lowest BCUT2D eigenvalue weighted by molar-refractivity contribution is -0.145. The van der Waals surface area contributed by atoms with Gasteiger partial charge in [0, 0.05) is 6.61 Å². The van der Waals surface area contributed by atoms with Gasteiger partial charge in [-0.05, 0) is 38.6 Å². The summed E-state index contributed by atoms with van der Waals surface area (Å²) in [7, 11) is 0.